The van der Waals surface area contributed by atoms with E-state index in [1.807, 2.05) is 13.0 Å². The molecule has 1 aliphatic rings. The minimum absolute atomic E-state index is 0.227. The van der Waals surface area contributed by atoms with E-state index >= 15 is 0 Å². The van der Waals surface area contributed by atoms with Crippen molar-refractivity contribution in [2.75, 3.05) is 13.1 Å². The highest BCUT2D eigenvalue weighted by Crippen LogP contribution is 2.29. The monoisotopic (exact) mass is 230 g/mol. The second-order valence-corrected chi connectivity index (χ2v) is 4.37. The number of aryl methyl sites for hydroxylation is 1. The van der Waals surface area contributed by atoms with Gasteiger partial charge in [-0.15, -0.1) is 0 Å². The largest absolute Gasteiger partial charge is 0.508 e. The number of phenols is 1. The number of nitrogens with one attached hydrogen (secondary N) is 1. The molecule has 2 heterocycles. The molecule has 0 amide bonds. The van der Waals surface area contributed by atoms with Crippen molar-refractivity contribution in [1.82, 2.24) is 10.3 Å². The highest BCUT2D eigenvalue weighted by molar-refractivity contribution is 5.56. The molecule has 1 aliphatic heterocycles. The number of aromatic nitrogens is 1. The van der Waals surface area contributed by atoms with Crippen LogP contribution < -0.4 is 5.32 Å². The molecule has 0 unspecified atom stereocenters. The molecule has 2 aromatic rings. The molecule has 0 bridgehead atoms. The number of oxazole rings is 1. The Labute approximate surface area is 99.3 Å². The maximum Gasteiger partial charge on any atom is 0.226 e. The van der Waals surface area contributed by atoms with Crippen LogP contribution in [0.25, 0.3) is 11.5 Å². The lowest BCUT2D eigenvalue weighted by Gasteiger charge is -2.25. The Balaban J connectivity index is 1.98. The lowest BCUT2D eigenvalue weighted by atomic mass is 9.98. The fraction of sp³-hybridized carbons (Fsp3) is 0.308. The normalized spacial score (nSPS) is 15.8. The van der Waals surface area contributed by atoms with Crippen LogP contribution in [-0.2, 0) is 0 Å². The van der Waals surface area contributed by atoms with Crippen LogP contribution in [0.3, 0.4) is 0 Å². The summed E-state index contributed by atoms with van der Waals surface area (Å²) in [5.41, 5.74) is 1.84. The van der Waals surface area contributed by atoms with E-state index < -0.39 is 0 Å². The summed E-state index contributed by atoms with van der Waals surface area (Å²) in [5, 5.41) is 12.7. The standard InChI is InChI=1S/C13H14N2O2/c1-8-12(10-6-14-7-10)15-13(17-8)9-3-2-4-11(16)5-9/h2-5,10,14,16H,6-7H2,1H3. The molecule has 0 atom stereocenters. The van der Waals surface area contributed by atoms with Crippen molar-refractivity contribution in [2.24, 2.45) is 0 Å². The smallest absolute Gasteiger partial charge is 0.226 e. The van der Waals surface area contributed by atoms with Gasteiger partial charge in [0.05, 0.1) is 5.69 Å². The van der Waals surface area contributed by atoms with Crippen LogP contribution in [0.15, 0.2) is 28.7 Å². The molecule has 0 aliphatic carbocycles. The lowest BCUT2D eigenvalue weighted by molar-refractivity contribution is 0.433. The molecule has 88 valence electrons. The van der Waals surface area contributed by atoms with Gasteiger partial charge in [0.2, 0.25) is 5.89 Å². The zero-order valence-electron chi connectivity index (χ0n) is 9.60. The summed E-state index contributed by atoms with van der Waals surface area (Å²) in [6, 6.07) is 6.96. The maximum absolute atomic E-state index is 9.44. The van der Waals surface area contributed by atoms with Crippen LogP contribution in [0.2, 0.25) is 0 Å². The quantitative estimate of drug-likeness (QED) is 0.829. The van der Waals surface area contributed by atoms with E-state index in [4.69, 9.17) is 4.42 Å². The van der Waals surface area contributed by atoms with Crippen LogP contribution in [0.1, 0.15) is 17.4 Å². The van der Waals surface area contributed by atoms with E-state index in [0.29, 0.717) is 11.8 Å². The highest BCUT2D eigenvalue weighted by atomic mass is 16.4. The first-order valence-electron chi connectivity index (χ1n) is 5.71. The second kappa shape index (κ2) is 3.89. The van der Waals surface area contributed by atoms with Crippen molar-refractivity contribution in [2.45, 2.75) is 12.8 Å². The van der Waals surface area contributed by atoms with E-state index in [1.165, 1.54) is 0 Å². The number of nitrogens with zero attached hydrogens (tertiary/aromatic N) is 1. The molecule has 3 rings (SSSR count). The predicted octanol–water partition coefficient (Wildman–Crippen LogP) is 2.04. The average Bonchev–Trinajstić information content (AvgIpc) is 2.59. The molecule has 0 saturated carbocycles. The minimum Gasteiger partial charge on any atom is -0.508 e. The first-order valence-corrected chi connectivity index (χ1v) is 5.71. The van der Waals surface area contributed by atoms with E-state index in [9.17, 15) is 5.11 Å². The van der Waals surface area contributed by atoms with Crippen LogP contribution in [0.5, 0.6) is 5.75 Å². The topological polar surface area (TPSA) is 58.3 Å². The Morgan fingerprint density at radius 2 is 2.24 bits per heavy atom. The van der Waals surface area contributed by atoms with Gasteiger partial charge in [-0.05, 0) is 25.1 Å². The van der Waals surface area contributed by atoms with Gasteiger partial charge < -0.3 is 14.8 Å². The maximum atomic E-state index is 9.44. The van der Waals surface area contributed by atoms with Gasteiger partial charge >= 0.3 is 0 Å². The molecule has 17 heavy (non-hydrogen) atoms. The summed E-state index contributed by atoms with van der Waals surface area (Å²) in [5.74, 6) is 2.14. The Hall–Kier alpha value is -1.81. The number of rotatable bonds is 2. The first-order chi connectivity index (χ1) is 8.24. The molecule has 1 aromatic carbocycles. The fourth-order valence-electron chi connectivity index (χ4n) is 2.03. The molecule has 0 spiro atoms. The third-order valence-electron chi connectivity index (χ3n) is 3.09. The molecule has 2 N–H and O–H groups in total. The molecule has 4 heteroatoms. The Bertz CT molecular complexity index is 544. The highest BCUT2D eigenvalue weighted by Gasteiger charge is 2.25. The van der Waals surface area contributed by atoms with Gasteiger partial charge in [0.1, 0.15) is 11.5 Å². The van der Waals surface area contributed by atoms with Crippen LogP contribution in [-0.4, -0.2) is 23.2 Å². The summed E-state index contributed by atoms with van der Waals surface area (Å²) in [6.45, 7) is 3.87. The van der Waals surface area contributed by atoms with Gasteiger partial charge in [-0.2, -0.15) is 0 Å². The number of benzene rings is 1. The molecular weight excluding hydrogens is 216 g/mol. The SMILES string of the molecule is Cc1oc(-c2cccc(O)c2)nc1C1CNC1. The number of hydrogen-bond donors (Lipinski definition) is 2. The summed E-state index contributed by atoms with van der Waals surface area (Å²) >= 11 is 0. The zero-order chi connectivity index (χ0) is 11.8. The van der Waals surface area contributed by atoms with E-state index in [1.54, 1.807) is 18.2 Å². The molecule has 1 aromatic heterocycles. The first kappa shape index (κ1) is 10.4. The summed E-state index contributed by atoms with van der Waals surface area (Å²) in [4.78, 5) is 4.53. The minimum atomic E-state index is 0.227. The average molecular weight is 230 g/mol. The Morgan fingerprint density at radius 3 is 2.88 bits per heavy atom. The zero-order valence-corrected chi connectivity index (χ0v) is 9.60. The molecule has 1 saturated heterocycles. The Morgan fingerprint density at radius 1 is 1.41 bits per heavy atom. The number of hydrogen-bond acceptors (Lipinski definition) is 4. The molecule has 0 radical (unpaired) electrons. The van der Waals surface area contributed by atoms with Gasteiger partial charge in [0, 0.05) is 24.6 Å². The van der Waals surface area contributed by atoms with Gasteiger partial charge in [-0.3, -0.25) is 0 Å². The van der Waals surface area contributed by atoms with Crippen LogP contribution >= 0.6 is 0 Å². The number of aromatic hydroxyl groups is 1. The van der Waals surface area contributed by atoms with Gasteiger partial charge in [-0.1, -0.05) is 6.07 Å². The van der Waals surface area contributed by atoms with Crippen molar-refractivity contribution in [1.29, 1.82) is 0 Å². The van der Waals surface area contributed by atoms with Crippen LogP contribution in [0, 0.1) is 6.92 Å². The molecule has 4 nitrogen and oxygen atoms in total. The summed E-state index contributed by atoms with van der Waals surface area (Å²) in [6.07, 6.45) is 0. The fourth-order valence-corrected chi connectivity index (χ4v) is 2.03. The van der Waals surface area contributed by atoms with Crippen molar-refractivity contribution in [3.8, 4) is 17.2 Å². The second-order valence-electron chi connectivity index (χ2n) is 4.37. The molecular formula is C13H14N2O2. The Kier molecular flexibility index (Phi) is 2.37. The molecule has 1 fully saturated rings. The van der Waals surface area contributed by atoms with Gasteiger partial charge in [0.15, 0.2) is 0 Å². The van der Waals surface area contributed by atoms with E-state index in [2.05, 4.69) is 10.3 Å². The van der Waals surface area contributed by atoms with Gasteiger partial charge in [-0.25, -0.2) is 4.98 Å². The van der Waals surface area contributed by atoms with Crippen LogP contribution in [0.4, 0.5) is 0 Å². The number of phenolic OH excluding ortho intramolecular Hbond substituents is 1. The van der Waals surface area contributed by atoms with Crippen molar-refractivity contribution >= 4 is 0 Å². The predicted molar refractivity (Wildman–Crippen MR) is 64.0 cm³/mol. The lowest BCUT2D eigenvalue weighted by Crippen LogP contribution is -2.40. The van der Waals surface area contributed by atoms with Crippen molar-refractivity contribution in [3.63, 3.8) is 0 Å². The van der Waals surface area contributed by atoms with E-state index in [-0.39, 0.29) is 5.75 Å². The summed E-state index contributed by atoms with van der Waals surface area (Å²) in [7, 11) is 0. The van der Waals surface area contributed by atoms with Gasteiger partial charge in [0.25, 0.3) is 0 Å². The van der Waals surface area contributed by atoms with Crippen molar-refractivity contribution < 1.29 is 9.52 Å². The third-order valence-corrected chi connectivity index (χ3v) is 3.09. The summed E-state index contributed by atoms with van der Waals surface area (Å²) < 4.78 is 5.66. The van der Waals surface area contributed by atoms with Crippen molar-refractivity contribution in [3.05, 3.63) is 35.7 Å². The van der Waals surface area contributed by atoms with E-state index in [0.717, 1.165) is 30.1 Å². The third kappa shape index (κ3) is 1.80.